The number of fused-ring (bicyclic) bond motifs is 1. The summed E-state index contributed by atoms with van der Waals surface area (Å²) >= 11 is 0. The minimum atomic E-state index is 0.235. The molecule has 1 aromatic carbocycles. The Morgan fingerprint density at radius 2 is 1.60 bits per heavy atom. The topological polar surface area (TPSA) is 75.6 Å². The normalized spacial score (nSPS) is 11.3. The van der Waals surface area contributed by atoms with E-state index in [0.717, 1.165) is 16.5 Å². The molecule has 0 bridgehead atoms. The van der Waals surface area contributed by atoms with Crippen LogP contribution < -0.4 is 10.6 Å². The molecule has 2 aromatic heterocycles. The van der Waals surface area contributed by atoms with Crippen molar-refractivity contribution in [3.63, 3.8) is 0 Å². The van der Waals surface area contributed by atoms with Crippen LogP contribution in [0.3, 0.4) is 0 Å². The van der Waals surface area contributed by atoms with Gasteiger partial charge in [0, 0.05) is 23.8 Å². The van der Waals surface area contributed by atoms with Gasteiger partial charge in [-0.1, -0.05) is 23.8 Å². The first kappa shape index (κ1) is 17.1. The van der Waals surface area contributed by atoms with Gasteiger partial charge in [0.2, 0.25) is 0 Å². The first-order chi connectivity index (χ1) is 11.9. The van der Waals surface area contributed by atoms with Crippen LogP contribution in [0.4, 0.5) is 11.6 Å². The van der Waals surface area contributed by atoms with Gasteiger partial charge in [-0.25, -0.2) is 9.97 Å². The summed E-state index contributed by atoms with van der Waals surface area (Å²) < 4.78 is 0. The highest BCUT2D eigenvalue weighted by Crippen LogP contribution is 2.27. The van der Waals surface area contributed by atoms with Crippen LogP contribution in [0.2, 0.25) is 0 Å². The summed E-state index contributed by atoms with van der Waals surface area (Å²) in [5.74, 6) is 2.07. The highest BCUT2D eigenvalue weighted by atomic mass is 15.2. The van der Waals surface area contributed by atoms with Gasteiger partial charge in [-0.2, -0.15) is 0 Å². The van der Waals surface area contributed by atoms with Crippen molar-refractivity contribution in [3.05, 3.63) is 36.0 Å². The fourth-order valence-corrected chi connectivity index (χ4v) is 2.61. The smallest absolute Gasteiger partial charge is 0.175 e. The summed E-state index contributed by atoms with van der Waals surface area (Å²) in [5, 5.41) is 16.2. The van der Waals surface area contributed by atoms with Crippen molar-refractivity contribution in [2.45, 2.75) is 46.7 Å². The van der Waals surface area contributed by atoms with Gasteiger partial charge >= 0.3 is 0 Å². The molecule has 0 radical (unpaired) electrons. The summed E-state index contributed by atoms with van der Waals surface area (Å²) in [5.41, 5.74) is 2.95. The van der Waals surface area contributed by atoms with E-state index < -0.39 is 0 Å². The zero-order valence-electron chi connectivity index (χ0n) is 15.3. The molecule has 3 rings (SSSR count). The van der Waals surface area contributed by atoms with E-state index in [2.05, 4.69) is 72.6 Å². The average molecular weight is 336 g/mol. The number of hydrogen-bond donors (Lipinski definition) is 2. The number of rotatable bonds is 5. The second-order valence-electron chi connectivity index (χ2n) is 6.82. The lowest BCUT2D eigenvalue weighted by Crippen LogP contribution is -2.16. The number of aromatic nitrogens is 4. The molecular weight excluding hydrogens is 312 g/mol. The van der Waals surface area contributed by atoms with Gasteiger partial charge in [0.15, 0.2) is 17.5 Å². The Morgan fingerprint density at radius 1 is 0.920 bits per heavy atom. The van der Waals surface area contributed by atoms with Gasteiger partial charge in [-0.15, -0.1) is 10.2 Å². The molecule has 0 spiro atoms. The van der Waals surface area contributed by atoms with Crippen molar-refractivity contribution < 1.29 is 0 Å². The lowest BCUT2D eigenvalue weighted by atomic mass is 10.1. The third-order valence-electron chi connectivity index (χ3n) is 3.65. The van der Waals surface area contributed by atoms with E-state index in [1.165, 1.54) is 5.56 Å². The Bertz CT molecular complexity index is 888. The Balaban J connectivity index is 2.17. The van der Waals surface area contributed by atoms with Gasteiger partial charge in [0.05, 0.1) is 5.39 Å². The zero-order valence-corrected chi connectivity index (χ0v) is 15.3. The van der Waals surface area contributed by atoms with Crippen LogP contribution in [0, 0.1) is 6.92 Å². The minimum absolute atomic E-state index is 0.235. The molecule has 0 aliphatic heterocycles. The molecule has 130 valence electrons. The molecule has 0 fully saturated rings. The van der Waals surface area contributed by atoms with Crippen LogP contribution in [-0.4, -0.2) is 32.2 Å². The van der Waals surface area contributed by atoms with Crippen molar-refractivity contribution in [2.24, 2.45) is 0 Å². The third-order valence-corrected chi connectivity index (χ3v) is 3.65. The molecular formula is C19H24N6. The van der Waals surface area contributed by atoms with Crippen molar-refractivity contribution >= 4 is 22.5 Å². The zero-order chi connectivity index (χ0) is 18.0. The predicted octanol–water partition coefficient (Wildman–Crippen LogP) is 4.04. The molecule has 0 saturated heterocycles. The highest BCUT2D eigenvalue weighted by Gasteiger charge is 2.14. The molecule has 6 nitrogen and oxygen atoms in total. The monoisotopic (exact) mass is 336 g/mol. The van der Waals surface area contributed by atoms with E-state index in [4.69, 9.17) is 4.98 Å². The van der Waals surface area contributed by atoms with Crippen molar-refractivity contribution in [3.8, 4) is 11.4 Å². The van der Waals surface area contributed by atoms with E-state index in [-0.39, 0.29) is 12.1 Å². The number of nitrogens with one attached hydrogen (secondary N) is 2. The maximum absolute atomic E-state index is 4.79. The van der Waals surface area contributed by atoms with Gasteiger partial charge in [0.1, 0.15) is 5.52 Å². The number of aryl methyl sites for hydroxylation is 1. The lowest BCUT2D eigenvalue weighted by molar-refractivity contribution is 0.860. The van der Waals surface area contributed by atoms with Gasteiger partial charge < -0.3 is 10.6 Å². The third kappa shape index (κ3) is 3.84. The summed E-state index contributed by atoms with van der Waals surface area (Å²) in [7, 11) is 0. The summed E-state index contributed by atoms with van der Waals surface area (Å²) in [6.07, 6.45) is 1.82. The van der Waals surface area contributed by atoms with Gasteiger partial charge in [0.25, 0.3) is 0 Å². The molecule has 6 heteroatoms. The number of anilines is 2. The maximum Gasteiger partial charge on any atom is 0.175 e. The molecule has 0 aliphatic carbocycles. The van der Waals surface area contributed by atoms with Crippen molar-refractivity contribution in [1.29, 1.82) is 0 Å². The molecule has 3 aromatic rings. The molecule has 0 aliphatic rings. The predicted molar refractivity (Wildman–Crippen MR) is 103 cm³/mol. The SMILES string of the molecule is Cc1cccc(-c2ncc3c(NC(C)C)nnc(NC(C)C)c3n2)c1. The van der Waals surface area contributed by atoms with Crippen LogP contribution in [0.25, 0.3) is 22.3 Å². The molecule has 0 atom stereocenters. The Hall–Kier alpha value is -2.76. The molecule has 0 amide bonds. The fraction of sp³-hybridized carbons (Fsp3) is 0.368. The van der Waals surface area contributed by atoms with Crippen LogP contribution in [0.1, 0.15) is 33.3 Å². The second-order valence-corrected chi connectivity index (χ2v) is 6.82. The van der Waals surface area contributed by atoms with E-state index in [1.807, 2.05) is 18.3 Å². The lowest BCUT2D eigenvalue weighted by Gasteiger charge is -2.15. The summed E-state index contributed by atoms with van der Waals surface area (Å²) in [6.45, 7) is 10.3. The molecule has 2 N–H and O–H groups in total. The standard InChI is InChI=1S/C19H24N6/c1-11(2)21-18-15-10-20-17(14-8-6-7-13(5)9-14)23-16(15)19(25-24-18)22-12(3)4/h6-12H,1-5H3,(H,21,24)(H,22,25). The highest BCUT2D eigenvalue weighted by molar-refractivity contribution is 5.95. The van der Waals surface area contributed by atoms with Crippen LogP contribution in [0.15, 0.2) is 30.5 Å². The van der Waals surface area contributed by atoms with Crippen molar-refractivity contribution in [2.75, 3.05) is 10.6 Å². The van der Waals surface area contributed by atoms with E-state index in [1.54, 1.807) is 0 Å². The largest absolute Gasteiger partial charge is 0.366 e. The Kier molecular flexibility index (Phi) is 4.79. The van der Waals surface area contributed by atoms with E-state index >= 15 is 0 Å². The van der Waals surface area contributed by atoms with Gasteiger partial charge in [-0.3, -0.25) is 0 Å². The maximum atomic E-state index is 4.79. The first-order valence-electron chi connectivity index (χ1n) is 8.57. The molecule has 2 heterocycles. The Labute approximate surface area is 148 Å². The van der Waals surface area contributed by atoms with Gasteiger partial charge in [-0.05, 0) is 40.7 Å². The van der Waals surface area contributed by atoms with Crippen LogP contribution in [0.5, 0.6) is 0 Å². The Morgan fingerprint density at radius 3 is 2.28 bits per heavy atom. The number of nitrogens with zero attached hydrogens (tertiary/aromatic N) is 4. The van der Waals surface area contributed by atoms with Crippen LogP contribution >= 0.6 is 0 Å². The van der Waals surface area contributed by atoms with Crippen molar-refractivity contribution in [1.82, 2.24) is 20.2 Å². The molecule has 25 heavy (non-hydrogen) atoms. The number of hydrogen-bond acceptors (Lipinski definition) is 6. The average Bonchev–Trinajstić information content (AvgIpc) is 2.56. The number of benzene rings is 1. The van der Waals surface area contributed by atoms with E-state index in [0.29, 0.717) is 17.5 Å². The fourth-order valence-electron chi connectivity index (χ4n) is 2.61. The first-order valence-corrected chi connectivity index (χ1v) is 8.57. The second kappa shape index (κ2) is 7.01. The molecule has 0 saturated carbocycles. The quantitative estimate of drug-likeness (QED) is 0.732. The minimum Gasteiger partial charge on any atom is -0.366 e. The van der Waals surface area contributed by atoms with E-state index in [9.17, 15) is 0 Å². The van der Waals surface area contributed by atoms with Crippen LogP contribution in [-0.2, 0) is 0 Å². The molecule has 0 unspecified atom stereocenters. The summed E-state index contributed by atoms with van der Waals surface area (Å²) in [4.78, 5) is 9.35. The summed E-state index contributed by atoms with van der Waals surface area (Å²) in [6, 6.07) is 8.66.